The first-order chi connectivity index (χ1) is 25.9. The summed E-state index contributed by atoms with van der Waals surface area (Å²) in [6.07, 6.45) is -4.48. The largest absolute Gasteiger partial charge is 0.416 e. The number of para-hydroxylation sites is 1. The van der Waals surface area contributed by atoms with Crippen molar-refractivity contribution in [2.45, 2.75) is 6.18 Å². The van der Waals surface area contributed by atoms with Crippen molar-refractivity contribution in [3.05, 3.63) is 181 Å². The fourth-order valence-corrected chi connectivity index (χ4v) is 6.93. The highest BCUT2D eigenvalue weighted by Crippen LogP contribution is 2.40. The van der Waals surface area contributed by atoms with E-state index in [9.17, 15) is 13.2 Å². The topological polar surface area (TPSA) is 43.6 Å². The average Bonchev–Trinajstić information content (AvgIpc) is 3.55. The Morgan fingerprint density at radius 3 is 1.55 bits per heavy atom. The van der Waals surface area contributed by atoms with Gasteiger partial charge in [-0.2, -0.15) is 13.2 Å². The summed E-state index contributed by atoms with van der Waals surface area (Å²) in [5.74, 6) is 1.46. The molecule has 7 heteroatoms. The van der Waals surface area contributed by atoms with Gasteiger partial charge in [-0.3, -0.25) is 0 Å². The molecule has 2 aromatic heterocycles. The van der Waals surface area contributed by atoms with Gasteiger partial charge < -0.3 is 4.57 Å². The maximum absolute atomic E-state index is 13.9. The summed E-state index contributed by atoms with van der Waals surface area (Å²) in [4.78, 5) is 15.0. The highest BCUT2D eigenvalue weighted by molar-refractivity contribution is 6.10. The van der Waals surface area contributed by atoms with Crippen molar-refractivity contribution < 1.29 is 13.2 Å². The SMILES string of the molecule is FC(F)(F)c1cccc(-c2ccc(-c3nc(-c4ccccc4)nc(-c4ccccc4)n3)c(-n3c4ccccc4c4ccc(-c5ccccc5)cc43)c2)c1. The van der Waals surface area contributed by atoms with Crippen LogP contribution < -0.4 is 0 Å². The summed E-state index contributed by atoms with van der Waals surface area (Å²) in [5.41, 5.74) is 7.45. The molecule has 0 saturated carbocycles. The molecule has 0 fully saturated rings. The molecule has 0 aliphatic carbocycles. The number of benzene rings is 7. The smallest absolute Gasteiger partial charge is 0.308 e. The van der Waals surface area contributed by atoms with Crippen LogP contribution >= 0.6 is 0 Å². The lowest BCUT2D eigenvalue weighted by Crippen LogP contribution is -2.05. The molecule has 0 radical (unpaired) electrons. The van der Waals surface area contributed by atoms with Gasteiger partial charge in [-0.25, -0.2) is 15.0 Å². The lowest BCUT2D eigenvalue weighted by atomic mass is 9.99. The van der Waals surface area contributed by atoms with Crippen LogP contribution in [0.25, 0.3) is 83.9 Å². The van der Waals surface area contributed by atoms with Crippen LogP contribution in [0.15, 0.2) is 176 Å². The monoisotopic (exact) mass is 694 g/mol. The van der Waals surface area contributed by atoms with Gasteiger partial charge in [0.25, 0.3) is 0 Å². The van der Waals surface area contributed by atoms with Crippen molar-refractivity contribution in [2.75, 3.05) is 0 Å². The Morgan fingerprint density at radius 1 is 0.377 bits per heavy atom. The van der Waals surface area contributed by atoms with E-state index in [4.69, 9.17) is 15.0 Å². The van der Waals surface area contributed by atoms with Gasteiger partial charge in [-0.05, 0) is 58.7 Å². The second-order valence-corrected chi connectivity index (χ2v) is 12.8. The van der Waals surface area contributed by atoms with E-state index < -0.39 is 11.7 Å². The summed E-state index contributed by atoms with van der Waals surface area (Å²) in [6.45, 7) is 0. The van der Waals surface area contributed by atoms with Crippen LogP contribution in [0, 0.1) is 0 Å². The first-order valence-corrected chi connectivity index (χ1v) is 17.2. The zero-order valence-electron chi connectivity index (χ0n) is 28.2. The second-order valence-electron chi connectivity index (χ2n) is 12.8. The van der Waals surface area contributed by atoms with Crippen LogP contribution in [0.3, 0.4) is 0 Å². The third-order valence-electron chi connectivity index (χ3n) is 9.48. The van der Waals surface area contributed by atoms with E-state index in [1.807, 2.05) is 109 Å². The van der Waals surface area contributed by atoms with Gasteiger partial charge in [0, 0.05) is 27.5 Å². The van der Waals surface area contributed by atoms with Crippen LogP contribution in [0.2, 0.25) is 0 Å². The molecule has 4 nitrogen and oxygen atoms in total. The number of alkyl halides is 3. The molecule has 0 saturated heterocycles. The number of fused-ring (bicyclic) bond motifs is 3. The molecule has 0 amide bonds. The van der Waals surface area contributed by atoms with E-state index in [0.29, 0.717) is 34.2 Å². The maximum atomic E-state index is 13.9. The van der Waals surface area contributed by atoms with Crippen LogP contribution in [-0.2, 0) is 6.18 Å². The fourth-order valence-electron chi connectivity index (χ4n) is 6.93. The predicted molar refractivity (Wildman–Crippen MR) is 206 cm³/mol. The minimum Gasteiger partial charge on any atom is -0.308 e. The van der Waals surface area contributed by atoms with Gasteiger partial charge in [0.05, 0.1) is 22.3 Å². The summed E-state index contributed by atoms with van der Waals surface area (Å²) >= 11 is 0. The van der Waals surface area contributed by atoms with Crippen LogP contribution in [0.1, 0.15) is 5.56 Å². The minimum atomic E-state index is -4.48. The Balaban J connectivity index is 1.36. The Morgan fingerprint density at radius 2 is 0.887 bits per heavy atom. The summed E-state index contributed by atoms with van der Waals surface area (Å²) < 4.78 is 44.0. The van der Waals surface area contributed by atoms with Crippen molar-refractivity contribution in [2.24, 2.45) is 0 Å². The lowest BCUT2D eigenvalue weighted by molar-refractivity contribution is -0.137. The van der Waals surface area contributed by atoms with Crippen molar-refractivity contribution in [3.8, 4) is 62.1 Å². The zero-order valence-corrected chi connectivity index (χ0v) is 28.2. The molecule has 2 heterocycles. The molecule has 7 aromatic carbocycles. The van der Waals surface area contributed by atoms with Crippen molar-refractivity contribution in [1.82, 2.24) is 19.5 Å². The molecule has 0 N–H and O–H groups in total. The second kappa shape index (κ2) is 13.0. The van der Waals surface area contributed by atoms with Gasteiger partial charge >= 0.3 is 6.18 Å². The molecule has 0 unspecified atom stereocenters. The van der Waals surface area contributed by atoms with Gasteiger partial charge in [0.15, 0.2) is 17.5 Å². The number of rotatable bonds is 6. The molecule has 53 heavy (non-hydrogen) atoms. The van der Waals surface area contributed by atoms with Crippen molar-refractivity contribution >= 4 is 21.8 Å². The molecule has 0 bridgehead atoms. The van der Waals surface area contributed by atoms with Crippen LogP contribution in [0.5, 0.6) is 0 Å². The first kappa shape index (κ1) is 32.1. The van der Waals surface area contributed by atoms with Gasteiger partial charge in [0.2, 0.25) is 0 Å². The quantitative estimate of drug-likeness (QED) is 0.174. The third-order valence-corrected chi connectivity index (χ3v) is 9.48. The van der Waals surface area contributed by atoms with Crippen molar-refractivity contribution in [1.29, 1.82) is 0 Å². The fraction of sp³-hybridized carbons (Fsp3) is 0.0217. The number of halogens is 3. The lowest BCUT2D eigenvalue weighted by Gasteiger charge is -2.17. The summed E-state index contributed by atoms with van der Waals surface area (Å²) in [7, 11) is 0. The van der Waals surface area contributed by atoms with Crippen LogP contribution in [-0.4, -0.2) is 19.5 Å². The standard InChI is InChI=1S/C46H29F3N4/c47-46(48,49)36-20-12-19-33(27-36)35-24-26-39(45-51-43(31-15-6-2-7-16-31)50-44(52-45)32-17-8-3-9-18-32)42(29-35)53-40-22-11-10-21-37(40)38-25-23-34(28-41(38)53)30-13-4-1-5-14-30/h1-29H. The molecule has 0 aliphatic rings. The third kappa shape index (κ3) is 6.02. The summed E-state index contributed by atoms with van der Waals surface area (Å²) in [5, 5.41) is 2.09. The van der Waals surface area contributed by atoms with E-state index in [-0.39, 0.29) is 0 Å². The Bertz CT molecular complexity index is 2700. The van der Waals surface area contributed by atoms with Crippen LogP contribution in [0.4, 0.5) is 13.2 Å². The van der Waals surface area contributed by atoms with Gasteiger partial charge in [-0.1, -0.05) is 140 Å². The molecule has 254 valence electrons. The molecule has 9 aromatic rings. The number of aromatic nitrogens is 4. The zero-order chi connectivity index (χ0) is 35.9. The number of hydrogen-bond acceptors (Lipinski definition) is 3. The van der Waals surface area contributed by atoms with Crippen molar-refractivity contribution in [3.63, 3.8) is 0 Å². The van der Waals surface area contributed by atoms with E-state index in [1.165, 1.54) is 12.1 Å². The predicted octanol–water partition coefficient (Wildman–Crippen LogP) is 12.3. The maximum Gasteiger partial charge on any atom is 0.416 e. The molecule has 0 atom stereocenters. The summed E-state index contributed by atoms with van der Waals surface area (Å²) in [6, 6.07) is 55.4. The normalized spacial score (nSPS) is 11.7. The highest BCUT2D eigenvalue weighted by Gasteiger charge is 2.30. The number of hydrogen-bond donors (Lipinski definition) is 0. The number of nitrogens with zero attached hydrogens (tertiary/aromatic N) is 4. The molecule has 0 aliphatic heterocycles. The average molecular weight is 695 g/mol. The Labute approximate surface area is 303 Å². The molecule has 0 spiro atoms. The van der Waals surface area contributed by atoms with E-state index in [0.717, 1.165) is 55.8 Å². The van der Waals surface area contributed by atoms with E-state index >= 15 is 0 Å². The van der Waals surface area contributed by atoms with E-state index in [1.54, 1.807) is 6.07 Å². The highest BCUT2D eigenvalue weighted by atomic mass is 19.4. The molecular weight excluding hydrogens is 666 g/mol. The Kier molecular flexibility index (Phi) is 7.89. The minimum absolute atomic E-state index is 0.438. The Hall–Kier alpha value is -6.86. The molecular formula is C46H29F3N4. The first-order valence-electron chi connectivity index (χ1n) is 17.2. The van der Waals surface area contributed by atoms with Gasteiger partial charge in [0.1, 0.15) is 0 Å². The molecule has 9 rings (SSSR count). The van der Waals surface area contributed by atoms with Gasteiger partial charge in [-0.15, -0.1) is 0 Å². The van der Waals surface area contributed by atoms with E-state index in [2.05, 4.69) is 47.0 Å².